The second-order valence-electron chi connectivity index (χ2n) is 13.8. The Kier molecular flexibility index (Phi) is 9.37. The van der Waals surface area contributed by atoms with Gasteiger partial charge in [0.1, 0.15) is 24.0 Å². The number of carbonyl (C=O) groups excluding carboxylic acids is 2. The van der Waals surface area contributed by atoms with Crippen LogP contribution in [-0.2, 0) is 15.1 Å². The molecule has 0 bridgehead atoms. The molecule has 2 aromatic heterocycles. The van der Waals surface area contributed by atoms with Crippen LogP contribution in [0, 0.1) is 10.8 Å². The Morgan fingerprint density at radius 2 is 1.82 bits per heavy atom. The average molecular weight is 733 g/mol. The first-order valence-electron chi connectivity index (χ1n) is 16.0. The molecular weight excluding hydrogens is 699 g/mol. The number of hydrogen-bond donors (Lipinski definition) is 3. The van der Waals surface area contributed by atoms with Crippen molar-refractivity contribution in [3.8, 4) is 16.9 Å². The van der Waals surface area contributed by atoms with E-state index in [1.165, 1.54) is 18.2 Å². The molecule has 51 heavy (non-hydrogen) atoms. The molecular formula is C33H34ClF5N10O2. The normalized spacial score (nSPS) is 18.7. The van der Waals surface area contributed by atoms with Gasteiger partial charge < -0.3 is 10.6 Å². The molecule has 2 atom stereocenters. The highest BCUT2D eigenvalue weighted by Crippen LogP contribution is 2.43. The van der Waals surface area contributed by atoms with Crippen LogP contribution in [0.25, 0.3) is 16.9 Å². The molecule has 2 aliphatic rings. The number of halogens is 6. The van der Waals surface area contributed by atoms with Crippen molar-refractivity contribution in [2.45, 2.75) is 76.7 Å². The average Bonchev–Trinajstić information content (AvgIpc) is 3.45. The Morgan fingerprint density at radius 1 is 1.12 bits per heavy atom. The fraction of sp³-hybridized carbons (Fsp3) is 0.424. The van der Waals surface area contributed by atoms with E-state index in [1.54, 1.807) is 35.3 Å². The van der Waals surface area contributed by atoms with Crippen LogP contribution in [0.3, 0.4) is 0 Å². The smallest absolute Gasteiger partial charge is 0.353 e. The van der Waals surface area contributed by atoms with Crippen LogP contribution in [0.2, 0.25) is 5.02 Å². The minimum absolute atomic E-state index is 0.0220. The SMILES string of the molecule is CC(C)(C)C[C@]1(c2ccc(-c3cnn(C4CC4)n3)cc2)NC(=N)N([C@H](CNC(=O)CC(F)(F)F)c2ccc(Cl)c(-n3ncnc3C(F)F)c2)C1=O. The maximum absolute atomic E-state index is 14.8. The second-order valence-corrected chi connectivity index (χ2v) is 14.2. The molecule has 0 unspecified atom stereocenters. The lowest BCUT2D eigenvalue weighted by molar-refractivity contribution is -0.154. The summed E-state index contributed by atoms with van der Waals surface area (Å²) in [4.78, 5) is 33.5. The number of amides is 2. The van der Waals surface area contributed by atoms with Crippen molar-refractivity contribution in [1.82, 2.24) is 45.3 Å². The van der Waals surface area contributed by atoms with Gasteiger partial charge in [-0.1, -0.05) is 62.7 Å². The lowest BCUT2D eigenvalue weighted by atomic mass is 9.75. The summed E-state index contributed by atoms with van der Waals surface area (Å²) in [7, 11) is 0. The first-order chi connectivity index (χ1) is 24.0. The van der Waals surface area contributed by atoms with E-state index >= 15 is 0 Å². The maximum Gasteiger partial charge on any atom is 0.397 e. The van der Waals surface area contributed by atoms with Crippen molar-refractivity contribution in [2.24, 2.45) is 5.41 Å². The third-order valence-electron chi connectivity index (χ3n) is 8.53. The van der Waals surface area contributed by atoms with Crippen molar-refractivity contribution in [2.75, 3.05) is 6.54 Å². The van der Waals surface area contributed by atoms with Crippen molar-refractivity contribution in [1.29, 1.82) is 5.41 Å². The van der Waals surface area contributed by atoms with Gasteiger partial charge in [0.15, 0.2) is 11.8 Å². The summed E-state index contributed by atoms with van der Waals surface area (Å²) in [5.41, 5.74) is 0.00476. The molecule has 2 fully saturated rings. The number of hydrogen-bond acceptors (Lipinski definition) is 7. The van der Waals surface area contributed by atoms with Crippen LogP contribution in [-0.4, -0.2) is 65.2 Å². The Balaban J connectivity index is 1.40. The monoisotopic (exact) mass is 732 g/mol. The van der Waals surface area contributed by atoms with Gasteiger partial charge in [0.2, 0.25) is 5.91 Å². The van der Waals surface area contributed by atoms with Crippen LogP contribution in [0.1, 0.15) is 81.9 Å². The minimum Gasteiger partial charge on any atom is -0.353 e. The topological polar surface area (TPSA) is 147 Å². The number of benzene rings is 2. The van der Waals surface area contributed by atoms with Gasteiger partial charge >= 0.3 is 6.18 Å². The summed E-state index contributed by atoms with van der Waals surface area (Å²) in [5.74, 6) is -3.09. The predicted molar refractivity (Wildman–Crippen MR) is 175 cm³/mol. The molecule has 0 spiro atoms. The van der Waals surface area contributed by atoms with Gasteiger partial charge in [-0.25, -0.2) is 18.4 Å². The van der Waals surface area contributed by atoms with E-state index in [0.717, 1.165) is 34.3 Å². The molecule has 4 aromatic rings. The number of nitrogens with one attached hydrogen (secondary N) is 3. The van der Waals surface area contributed by atoms with E-state index in [1.807, 2.05) is 20.8 Å². The molecule has 6 rings (SSSR count). The van der Waals surface area contributed by atoms with Gasteiger partial charge in [-0.05, 0) is 47.9 Å². The third-order valence-corrected chi connectivity index (χ3v) is 8.84. The fourth-order valence-electron chi connectivity index (χ4n) is 6.25. The van der Waals surface area contributed by atoms with Gasteiger partial charge in [0.25, 0.3) is 12.3 Å². The molecule has 3 heterocycles. The zero-order valence-corrected chi connectivity index (χ0v) is 28.4. The Bertz CT molecular complexity index is 1950. The summed E-state index contributed by atoms with van der Waals surface area (Å²) in [6.07, 6.45) is -4.83. The third kappa shape index (κ3) is 7.57. The standard InChI is InChI=1S/C33H34ClF5N10O2/c1-31(2,3)16-32(20-7-4-18(5-8-20)23-14-43-49(46-23)21-9-10-21)29(51)47(30(40)45-32)25(15-41-26(50)13-33(37,38)39)19-6-11-22(34)24(12-19)48-28(27(35)36)42-17-44-48/h4-8,11-12,14,17,21,25,27H,9-10,13,15-16H2,1-3H3,(H2,40,45)(H,41,50)/t25-,32-/m1/s1. The maximum atomic E-state index is 14.8. The zero-order chi connectivity index (χ0) is 36.9. The number of guanidine groups is 1. The molecule has 12 nitrogen and oxygen atoms in total. The Labute approximate surface area is 293 Å². The van der Waals surface area contributed by atoms with Crippen molar-refractivity contribution >= 4 is 29.4 Å². The largest absolute Gasteiger partial charge is 0.397 e. The Morgan fingerprint density at radius 3 is 2.45 bits per heavy atom. The van der Waals surface area contributed by atoms with E-state index in [2.05, 4.69) is 30.9 Å². The summed E-state index contributed by atoms with van der Waals surface area (Å²) in [6.45, 7) is 5.19. The molecule has 0 radical (unpaired) electrons. The van der Waals surface area contributed by atoms with Crippen LogP contribution in [0.4, 0.5) is 22.0 Å². The number of aromatic nitrogens is 6. The lowest BCUT2D eigenvalue weighted by Gasteiger charge is -2.35. The number of nitrogens with zero attached hydrogens (tertiary/aromatic N) is 7. The van der Waals surface area contributed by atoms with Crippen LogP contribution >= 0.6 is 11.6 Å². The Hall–Kier alpha value is -4.93. The summed E-state index contributed by atoms with van der Waals surface area (Å²) >= 11 is 6.39. The highest BCUT2D eigenvalue weighted by molar-refractivity contribution is 6.32. The van der Waals surface area contributed by atoms with Gasteiger partial charge in [0.05, 0.1) is 29.0 Å². The first kappa shape index (κ1) is 35.9. The zero-order valence-electron chi connectivity index (χ0n) is 27.7. The molecule has 2 aromatic carbocycles. The van der Waals surface area contributed by atoms with Crippen molar-refractivity contribution in [3.63, 3.8) is 0 Å². The molecule has 18 heteroatoms. The number of rotatable bonds is 11. The molecule has 1 aliphatic heterocycles. The van der Waals surface area contributed by atoms with E-state index in [0.29, 0.717) is 11.3 Å². The minimum atomic E-state index is -4.80. The highest BCUT2D eigenvalue weighted by atomic mass is 35.5. The van der Waals surface area contributed by atoms with E-state index in [4.69, 9.17) is 17.0 Å². The van der Waals surface area contributed by atoms with Crippen molar-refractivity contribution in [3.05, 3.63) is 77.0 Å². The molecule has 1 saturated carbocycles. The van der Waals surface area contributed by atoms with E-state index < -0.39 is 60.2 Å². The van der Waals surface area contributed by atoms with Crippen LogP contribution < -0.4 is 10.6 Å². The predicted octanol–water partition coefficient (Wildman–Crippen LogP) is 6.26. The summed E-state index contributed by atoms with van der Waals surface area (Å²) in [6, 6.07) is 10.2. The number of carbonyl (C=O) groups is 2. The second kappa shape index (κ2) is 13.3. The summed E-state index contributed by atoms with van der Waals surface area (Å²) in [5, 5.41) is 27.1. The molecule has 2 amide bonds. The van der Waals surface area contributed by atoms with Gasteiger partial charge in [-0.3, -0.25) is 19.9 Å². The molecule has 1 aliphatic carbocycles. The van der Waals surface area contributed by atoms with Gasteiger partial charge in [-0.2, -0.15) is 33.3 Å². The lowest BCUT2D eigenvalue weighted by Crippen LogP contribution is -2.47. The quantitative estimate of drug-likeness (QED) is 0.154. The van der Waals surface area contributed by atoms with Gasteiger partial charge in [-0.15, -0.1) is 0 Å². The highest BCUT2D eigenvalue weighted by Gasteiger charge is 2.54. The fourth-order valence-corrected chi connectivity index (χ4v) is 6.44. The molecule has 3 N–H and O–H groups in total. The first-order valence-corrected chi connectivity index (χ1v) is 16.4. The molecule has 1 saturated heterocycles. The number of alkyl halides is 5. The molecule has 270 valence electrons. The van der Waals surface area contributed by atoms with E-state index in [-0.39, 0.29) is 34.7 Å². The van der Waals surface area contributed by atoms with Crippen LogP contribution in [0.15, 0.2) is 55.0 Å². The van der Waals surface area contributed by atoms with Crippen LogP contribution in [0.5, 0.6) is 0 Å². The summed E-state index contributed by atoms with van der Waals surface area (Å²) < 4.78 is 67.6. The van der Waals surface area contributed by atoms with E-state index in [9.17, 15) is 31.5 Å². The van der Waals surface area contributed by atoms with Crippen molar-refractivity contribution < 1.29 is 31.5 Å². The van der Waals surface area contributed by atoms with Gasteiger partial charge in [0, 0.05) is 12.1 Å².